The number of methoxy groups -OCH3 is 1. The number of hydrogen-bond acceptors (Lipinski definition) is 14. The molecule has 0 aliphatic carbocycles. The van der Waals surface area contributed by atoms with E-state index in [9.17, 15) is 35.8 Å². The maximum Gasteiger partial charge on any atom is 0.295 e. The minimum atomic E-state index is -4.90. The number of azo groups is 2. The average Bonchev–Trinajstić information content (AvgIpc) is 3.77. The van der Waals surface area contributed by atoms with Crippen LogP contribution in [0.4, 0.5) is 28.4 Å². The molecule has 0 aliphatic heterocycles. The summed E-state index contributed by atoms with van der Waals surface area (Å²) in [7, 11) is -8.28. The molecule has 1 amide bonds. The number of rotatable bonds is 13. The molecular weight excluding hydrogens is 913 g/mol. The molecule has 18 nitrogen and oxygen atoms in total. The molecule has 0 atom stereocenters. The molecular formula is C48H38N8O10S2. The van der Waals surface area contributed by atoms with Gasteiger partial charge in [0, 0.05) is 32.8 Å². The van der Waals surface area contributed by atoms with Gasteiger partial charge in [-0.2, -0.15) is 31.9 Å². The third kappa shape index (κ3) is 9.03. The number of carbonyl (C=O) groups is 1. The van der Waals surface area contributed by atoms with Crippen LogP contribution in [0.2, 0.25) is 0 Å². The van der Waals surface area contributed by atoms with Crippen molar-refractivity contribution >= 4 is 97.9 Å². The lowest BCUT2D eigenvalue weighted by Gasteiger charge is -2.11. The molecule has 68 heavy (non-hydrogen) atoms. The zero-order chi connectivity index (χ0) is 47.9. The van der Waals surface area contributed by atoms with E-state index in [1.165, 1.54) is 24.0 Å². The highest BCUT2D eigenvalue weighted by atomic mass is 32.2. The Morgan fingerprint density at radius 2 is 1.43 bits per heavy atom. The van der Waals surface area contributed by atoms with Crippen molar-refractivity contribution in [1.82, 2.24) is 15.0 Å². The number of nitrogens with one attached hydrogen (secondary N) is 1. The standard InChI is InChI=1S/C48H38N8O10S2/c1-4-20-66-43-7-5-6-28-22-31(10-13-35(28)43)49-48(58)30-9-16-40(44(24-30)65-3)52-51-39-18-11-32(21-27(39)2)50-53-42-17-8-29-23-33(12-14-36(29)47(42)57)56-54-41-19-15-37-38(46(41)55-56)25-34(67(59,60)61)26-45(37)68(62,63)64/h5-19,21-26,57H,4,20H2,1-3H3,(H,49,58)(H,59,60,61)(H,62,63,64). The molecule has 9 rings (SSSR count). The summed E-state index contributed by atoms with van der Waals surface area (Å²) in [6.07, 6.45) is 0.897. The molecule has 0 aliphatic rings. The van der Waals surface area contributed by atoms with Gasteiger partial charge in [0.1, 0.15) is 38.8 Å². The molecule has 0 fully saturated rings. The Balaban J connectivity index is 0.895. The van der Waals surface area contributed by atoms with Crippen LogP contribution < -0.4 is 14.8 Å². The van der Waals surface area contributed by atoms with Gasteiger partial charge < -0.3 is 19.9 Å². The number of aromatic hydroxyl groups is 1. The van der Waals surface area contributed by atoms with Crippen molar-refractivity contribution in [2.24, 2.45) is 20.5 Å². The molecule has 342 valence electrons. The van der Waals surface area contributed by atoms with E-state index in [4.69, 9.17) is 9.47 Å². The highest BCUT2D eigenvalue weighted by Gasteiger charge is 2.23. The predicted octanol–water partition coefficient (Wildman–Crippen LogP) is 11.3. The summed E-state index contributed by atoms with van der Waals surface area (Å²) in [5.41, 5.74) is 4.17. The van der Waals surface area contributed by atoms with Crippen LogP contribution in [-0.2, 0) is 20.2 Å². The number of carbonyl (C=O) groups excluding carboxylic acids is 1. The summed E-state index contributed by atoms with van der Waals surface area (Å²) in [6.45, 7) is 4.50. The van der Waals surface area contributed by atoms with Crippen LogP contribution in [0, 0.1) is 6.92 Å². The lowest BCUT2D eigenvalue weighted by atomic mass is 10.1. The fraction of sp³-hybridized carbons (Fsp3) is 0.104. The van der Waals surface area contributed by atoms with E-state index < -0.39 is 30.0 Å². The van der Waals surface area contributed by atoms with Gasteiger partial charge in [0.05, 0.1) is 35.7 Å². The van der Waals surface area contributed by atoms with Crippen molar-refractivity contribution in [3.05, 3.63) is 139 Å². The van der Waals surface area contributed by atoms with Crippen molar-refractivity contribution < 1.29 is 45.3 Å². The third-order valence-electron chi connectivity index (χ3n) is 10.9. The summed E-state index contributed by atoms with van der Waals surface area (Å²) in [4.78, 5) is 13.0. The number of fused-ring (bicyclic) bond motifs is 5. The molecule has 0 saturated heterocycles. The lowest BCUT2D eigenvalue weighted by molar-refractivity contribution is 0.102. The van der Waals surface area contributed by atoms with E-state index in [0.29, 0.717) is 63.2 Å². The molecule has 20 heteroatoms. The minimum absolute atomic E-state index is 0.0104. The van der Waals surface area contributed by atoms with Gasteiger partial charge in [-0.25, -0.2) is 0 Å². The van der Waals surface area contributed by atoms with Crippen molar-refractivity contribution in [3.63, 3.8) is 0 Å². The number of amides is 1. The van der Waals surface area contributed by atoms with E-state index in [1.807, 2.05) is 43.3 Å². The summed E-state index contributed by atoms with van der Waals surface area (Å²) in [5, 5.41) is 43.4. The van der Waals surface area contributed by atoms with Crippen molar-refractivity contribution in [2.75, 3.05) is 19.0 Å². The number of phenolic OH excluding ortho intramolecular Hbond substituents is 1. The van der Waals surface area contributed by atoms with Gasteiger partial charge in [0.15, 0.2) is 5.75 Å². The van der Waals surface area contributed by atoms with Gasteiger partial charge in [-0.1, -0.05) is 31.2 Å². The fourth-order valence-electron chi connectivity index (χ4n) is 7.53. The molecule has 4 N–H and O–H groups in total. The first-order valence-electron chi connectivity index (χ1n) is 20.7. The van der Waals surface area contributed by atoms with Crippen molar-refractivity contribution in [1.29, 1.82) is 0 Å². The average molecular weight is 951 g/mol. The molecule has 0 spiro atoms. The molecule has 1 heterocycles. The smallest absolute Gasteiger partial charge is 0.295 e. The van der Waals surface area contributed by atoms with Crippen LogP contribution in [0.1, 0.15) is 29.3 Å². The first-order chi connectivity index (χ1) is 32.6. The number of hydrogen-bond donors (Lipinski definition) is 4. The summed E-state index contributed by atoms with van der Waals surface area (Å²) in [5.74, 6) is 0.683. The van der Waals surface area contributed by atoms with E-state index in [-0.39, 0.29) is 39.1 Å². The number of anilines is 1. The largest absolute Gasteiger partial charge is 0.505 e. The maximum atomic E-state index is 13.3. The van der Waals surface area contributed by atoms with Gasteiger partial charge in [-0.05, 0) is 133 Å². The van der Waals surface area contributed by atoms with Crippen molar-refractivity contribution in [2.45, 2.75) is 30.1 Å². The molecule has 0 bridgehead atoms. The molecule has 0 saturated carbocycles. The summed E-state index contributed by atoms with van der Waals surface area (Å²) < 4.78 is 79.3. The Kier molecular flexibility index (Phi) is 11.8. The number of aryl methyl sites for hydroxylation is 1. The quantitative estimate of drug-likeness (QED) is 0.0621. The van der Waals surface area contributed by atoms with Gasteiger partial charge >= 0.3 is 0 Å². The van der Waals surface area contributed by atoms with E-state index >= 15 is 0 Å². The van der Waals surface area contributed by atoms with E-state index in [2.05, 4.69) is 42.9 Å². The van der Waals surface area contributed by atoms with E-state index in [0.717, 1.165) is 34.6 Å². The Bertz CT molecular complexity index is 3820. The van der Waals surface area contributed by atoms with Crippen LogP contribution >= 0.6 is 0 Å². The lowest BCUT2D eigenvalue weighted by Crippen LogP contribution is -2.11. The number of phenols is 1. The molecule has 0 radical (unpaired) electrons. The third-order valence-corrected chi connectivity index (χ3v) is 12.6. The van der Waals surface area contributed by atoms with Crippen LogP contribution in [0.25, 0.3) is 49.0 Å². The van der Waals surface area contributed by atoms with Crippen LogP contribution in [0.3, 0.4) is 0 Å². The first-order valence-corrected chi connectivity index (χ1v) is 23.6. The highest BCUT2D eigenvalue weighted by molar-refractivity contribution is 7.86. The van der Waals surface area contributed by atoms with Gasteiger partial charge in [0.2, 0.25) is 0 Å². The molecule has 9 aromatic rings. The number of benzene rings is 8. The van der Waals surface area contributed by atoms with Gasteiger partial charge in [0.25, 0.3) is 26.1 Å². The number of nitrogens with zero attached hydrogens (tertiary/aromatic N) is 7. The second kappa shape index (κ2) is 17.9. The zero-order valence-corrected chi connectivity index (χ0v) is 37.8. The van der Waals surface area contributed by atoms with Crippen molar-refractivity contribution in [3.8, 4) is 22.9 Å². The second-order valence-electron chi connectivity index (χ2n) is 15.5. The number of ether oxygens (including phenoxy) is 2. The van der Waals surface area contributed by atoms with Crippen LogP contribution in [-0.4, -0.2) is 65.7 Å². The number of aromatic nitrogens is 3. The van der Waals surface area contributed by atoms with Crippen LogP contribution in [0.15, 0.2) is 158 Å². The summed E-state index contributed by atoms with van der Waals surface area (Å²) in [6, 6.07) is 34.3. The second-order valence-corrected chi connectivity index (χ2v) is 18.3. The Labute approximate surface area is 387 Å². The first kappa shape index (κ1) is 45.0. The topological polar surface area (TPSA) is 257 Å². The Morgan fingerprint density at radius 1 is 0.691 bits per heavy atom. The molecule has 8 aromatic carbocycles. The van der Waals surface area contributed by atoms with Gasteiger partial charge in [-0.15, -0.1) is 20.4 Å². The normalized spacial score (nSPS) is 12.2. The molecule has 0 unspecified atom stereocenters. The van der Waals surface area contributed by atoms with Gasteiger partial charge in [-0.3, -0.25) is 13.9 Å². The Morgan fingerprint density at radius 3 is 2.19 bits per heavy atom. The fourth-order valence-corrected chi connectivity index (χ4v) is 8.87. The highest BCUT2D eigenvalue weighted by Crippen LogP contribution is 2.38. The Hall–Kier alpha value is -8.17. The monoisotopic (exact) mass is 950 g/mol. The summed E-state index contributed by atoms with van der Waals surface area (Å²) >= 11 is 0. The SMILES string of the molecule is CCCOc1cccc2cc(NC(=O)c3ccc(N=Nc4ccc(N=Nc5ccc6cc(-n7nc8ccc9c(S(=O)(=O)O)cc(S(=O)(=O)O)cc9c8n7)ccc6c5O)cc4C)c(OC)c3)ccc12. The maximum absolute atomic E-state index is 13.3. The van der Waals surface area contributed by atoms with E-state index in [1.54, 1.807) is 66.7 Å². The minimum Gasteiger partial charge on any atom is -0.505 e. The molecule has 1 aromatic heterocycles. The predicted molar refractivity (Wildman–Crippen MR) is 255 cm³/mol. The van der Waals surface area contributed by atoms with Crippen LogP contribution in [0.5, 0.6) is 17.2 Å². The zero-order valence-electron chi connectivity index (χ0n) is 36.2.